The Morgan fingerprint density at radius 2 is 2.23 bits per heavy atom. The molecule has 0 bridgehead atoms. The summed E-state index contributed by atoms with van der Waals surface area (Å²) in [7, 11) is 4.02. The number of unbranched alkanes of at least 4 members (excludes halogenated alkanes) is 1. The van der Waals surface area contributed by atoms with Gasteiger partial charge in [-0.2, -0.15) is 0 Å². The summed E-state index contributed by atoms with van der Waals surface area (Å²) in [6, 6.07) is 0.280. The summed E-state index contributed by atoms with van der Waals surface area (Å²) in [5.74, 6) is 0.0275. The Labute approximate surface area is 137 Å². The molecule has 5 nitrogen and oxygen atoms in total. The zero-order valence-corrected chi connectivity index (χ0v) is 14.7. The molecule has 2 rings (SSSR count). The lowest BCUT2D eigenvalue weighted by Gasteiger charge is -2.34. The molecule has 1 aliphatic heterocycles. The first kappa shape index (κ1) is 17.4. The Kier molecular flexibility index (Phi) is 6.35. The number of piperidine rings is 1. The molecule has 2 heterocycles. The van der Waals surface area contributed by atoms with Gasteiger partial charge in [-0.15, -0.1) is 11.3 Å². The van der Waals surface area contributed by atoms with E-state index >= 15 is 0 Å². The maximum atomic E-state index is 12.6. The summed E-state index contributed by atoms with van der Waals surface area (Å²) in [5, 5.41) is 2.74. The molecule has 1 amide bonds. The number of nitrogens with zero attached hydrogens (tertiary/aromatic N) is 3. The summed E-state index contributed by atoms with van der Waals surface area (Å²) in [6.07, 6.45) is 5.23. The number of carbonyl (C=O) groups is 1. The monoisotopic (exact) mass is 324 g/mol. The minimum atomic E-state index is -0.0415. The van der Waals surface area contributed by atoms with Crippen molar-refractivity contribution in [2.24, 2.45) is 5.73 Å². The lowest BCUT2D eigenvalue weighted by atomic mass is 10.0. The van der Waals surface area contributed by atoms with Gasteiger partial charge in [0, 0.05) is 18.5 Å². The molecule has 1 fully saturated rings. The summed E-state index contributed by atoms with van der Waals surface area (Å²) >= 11 is 1.51. The first-order valence-corrected chi connectivity index (χ1v) is 9.07. The lowest BCUT2D eigenvalue weighted by Crippen LogP contribution is -2.44. The fourth-order valence-corrected chi connectivity index (χ4v) is 3.66. The zero-order chi connectivity index (χ0) is 16.1. The molecule has 0 saturated carbocycles. The SMILES string of the molecule is CCCCC(N)c1nc(C(=O)N(C)C2CCN(C)CC2)cs1. The van der Waals surface area contributed by atoms with E-state index in [0.29, 0.717) is 11.7 Å². The molecule has 0 aromatic carbocycles. The van der Waals surface area contributed by atoms with E-state index in [-0.39, 0.29) is 11.9 Å². The van der Waals surface area contributed by atoms with Crippen LogP contribution in [0.3, 0.4) is 0 Å². The standard InChI is InChI=1S/C16H28N4OS/c1-4-5-6-13(17)15-18-14(11-22-15)16(21)20(3)12-7-9-19(2)10-8-12/h11-13H,4-10,17H2,1-3H3. The van der Waals surface area contributed by atoms with Crippen molar-refractivity contribution in [2.75, 3.05) is 27.2 Å². The van der Waals surface area contributed by atoms with E-state index in [1.807, 2.05) is 17.3 Å². The molecule has 1 aromatic heterocycles. The number of carbonyl (C=O) groups excluding carboxylic acids is 1. The number of thiazole rings is 1. The molecular weight excluding hydrogens is 296 g/mol. The van der Waals surface area contributed by atoms with Crippen LogP contribution in [0.4, 0.5) is 0 Å². The van der Waals surface area contributed by atoms with E-state index in [9.17, 15) is 4.79 Å². The van der Waals surface area contributed by atoms with Crippen LogP contribution in [0.25, 0.3) is 0 Å². The molecule has 1 aromatic rings. The number of hydrogen-bond donors (Lipinski definition) is 1. The molecule has 0 aliphatic carbocycles. The van der Waals surface area contributed by atoms with Crippen LogP contribution < -0.4 is 5.73 Å². The van der Waals surface area contributed by atoms with Gasteiger partial charge in [0.05, 0.1) is 6.04 Å². The van der Waals surface area contributed by atoms with Gasteiger partial charge in [0.1, 0.15) is 10.7 Å². The van der Waals surface area contributed by atoms with Crippen LogP contribution in [0.5, 0.6) is 0 Å². The van der Waals surface area contributed by atoms with Crippen molar-refractivity contribution in [3.63, 3.8) is 0 Å². The first-order valence-electron chi connectivity index (χ1n) is 8.19. The van der Waals surface area contributed by atoms with E-state index < -0.39 is 0 Å². The number of likely N-dealkylation sites (tertiary alicyclic amines) is 1. The molecule has 1 atom stereocenters. The van der Waals surface area contributed by atoms with Crippen molar-refractivity contribution in [2.45, 2.75) is 51.1 Å². The van der Waals surface area contributed by atoms with Crippen LogP contribution in [-0.4, -0.2) is 53.9 Å². The van der Waals surface area contributed by atoms with Gasteiger partial charge in [0.25, 0.3) is 5.91 Å². The molecule has 1 saturated heterocycles. The van der Waals surface area contributed by atoms with Gasteiger partial charge in [-0.3, -0.25) is 4.79 Å². The van der Waals surface area contributed by atoms with Gasteiger partial charge in [-0.05, 0) is 39.4 Å². The highest BCUT2D eigenvalue weighted by atomic mass is 32.1. The van der Waals surface area contributed by atoms with Gasteiger partial charge in [-0.1, -0.05) is 19.8 Å². The van der Waals surface area contributed by atoms with Crippen LogP contribution in [0.1, 0.15) is 60.6 Å². The van der Waals surface area contributed by atoms with Crippen molar-refractivity contribution in [1.82, 2.24) is 14.8 Å². The molecule has 0 radical (unpaired) electrons. The number of nitrogens with two attached hydrogens (primary N) is 1. The minimum absolute atomic E-state index is 0.0275. The summed E-state index contributed by atoms with van der Waals surface area (Å²) in [4.78, 5) is 21.2. The number of amides is 1. The second-order valence-corrected chi connectivity index (χ2v) is 7.16. The molecule has 0 spiro atoms. The maximum Gasteiger partial charge on any atom is 0.273 e. The predicted octanol–water partition coefficient (Wildman–Crippen LogP) is 2.50. The fourth-order valence-electron chi connectivity index (χ4n) is 2.83. The van der Waals surface area contributed by atoms with Crippen LogP contribution >= 0.6 is 11.3 Å². The molecule has 1 unspecified atom stereocenters. The van der Waals surface area contributed by atoms with E-state index in [1.165, 1.54) is 11.3 Å². The largest absolute Gasteiger partial charge is 0.337 e. The Morgan fingerprint density at radius 3 is 2.86 bits per heavy atom. The lowest BCUT2D eigenvalue weighted by molar-refractivity contribution is 0.0654. The first-order chi connectivity index (χ1) is 10.5. The third-order valence-electron chi connectivity index (χ3n) is 4.48. The highest BCUT2D eigenvalue weighted by molar-refractivity contribution is 7.09. The quantitative estimate of drug-likeness (QED) is 0.873. The van der Waals surface area contributed by atoms with E-state index in [4.69, 9.17) is 5.73 Å². The molecule has 1 aliphatic rings. The Morgan fingerprint density at radius 1 is 1.55 bits per heavy atom. The van der Waals surface area contributed by atoms with Crippen molar-refractivity contribution in [1.29, 1.82) is 0 Å². The van der Waals surface area contributed by atoms with Gasteiger partial charge >= 0.3 is 0 Å². The van der Waals surface area contributed by atoms with Crippen LogP contribution in [0, 0.1) is 0 Å². The van der Waals surface area contributed by atoms with Crippen LogP contribution in [0.15, 0.2) is 5.38 Å². The van der Waals surface area contributed by atoms with Gasteiger partial charge in [-0.25, -0.2) is 4.98 Å². The van der Waals surface area contributed by atoms with Gasteiger partial charge in [0.2, 0.25) is 0 Å². The van der Waals surface area contributed by atoms with Crippen molar-refractivity contribution in [3.8, 4) is 0 Å². The zero-order valence-electron chi connectivity index (χ0n) is 13.9. The van der Waals surface area contributed by atoms with Crippen molar-refractivity contribution in [3.05, 3.63) is 16.1 Å². The molecule has 22 heavy (non-hydrogen) atoms. The van der Waals surface area contributed by atoms with Crippen molar-refractivity contribution >= 4 is 17.2 Å². The molecule has 2 N–H and O–H groups in total. The van der Waals surface area contributed by atoms with E-state index in [0.717, 1.165) is 50.2 Å². The molecule has 6 heteroatoms. The van der Waals surface area contributed by atoms with Gasteiger partial charge in [0.15, 0.2) is 0 Å². The normalized spacial score (nSPS) is 18.4. The van der Waals surface area contributed by atoms with Crippen molar-refractivity contribution < 1.29 is 4.79 Å². The maximum absolute atomic E-state index is 12.6. The van der Waals surface area contributed by atoms with Gasteiger partial charge < -0.3 is 15.5 Å². The second-order valence-electron chi connectivity index (χ2n) is 6.27. The average Bonchev–Trinajstić information content (AvgIpc) is 3.02. The highest BCUT2D eigenvalue weighted by Gasteiger charge is 2.26. The Bertz CT molecular complexity index is 482. The number of rotatable bonds is 6. The number of hydrogen-bond acceptors (Lipinski definition) is 5. The third-order valence-corrected chi connectivity index (χ3v) is 5.46. The Balaban J connectivity index is 1.96. The molecule has 124 valence electrons. The smallest absolute Gasteiger partial charge is 0.273 e. The Hall–Kier alpha value is -0.980. The fraction of sp³-hybridized carbons (Fsp3) is 0.750. The number of aromatic nitrogens is 1. The summed E-state index contributed by atoms with van der Waals surface area (Å²) < 4.78 is 0. The van der Waals surface area contributed by atoms with E-state index in [2.05, 4.69) is 23.9 Å². The predicted molar refractivity (Wildman–Crippen MR) is 91.2 cm³/mol. The summed E-state index contributed by atoms with van der Waals surface area (Å²) in [6.45, 7) is 4.25. The summed E-state index contributed by atoms with van der Waals surface area (Å²) in [5.41, 5.74) is 6.70. The third kappa shape index (κ3) is 4.27. The van der Waals surface area contributed by atoms with Crippen LogP contribution in [-0.2, 0) is 0 Å². The topological polar surface area (TPSA) is 62.5 Å². The molecular formula is C16H28N4OS. The minimum Gasteiger partial charge on any atom is -0.337 e. The average molecular weight is 324 g/mol. The highest BCUT2D eigenvalue weighted by Crippen LogP contribution is 2.23. The second kappa shape index (κ2) is 8.04. The van der Waals surface area contributed by atoms with E-state index in [1.54, 1.807) is 0 Å². The van der Waals surface area contributed by atoms with Crippen LogP contribution in [0.2, 0.25) is 0 Å².